The Kier molecular flexibility index (Phi) is 5.06. The molecule has 1 aliphatic carbocycles. The van der Waals surface area contributed by atoms with Crippen LogP contribution in [-0.4, -0.2) is 26.2 Å². The quantitative estimate of drug-likeness (QED) is 0.344. The van der Waals surface area contributed by atoms with Crippen LogP contribution >= 0.6 is 0 Å². The summed E-state index contributed by atoms with van der Waals surface area (Å²) in [5, 5.41) is 0. The van der Waals surface area contributed by atoms with Crippen LogP contribution in [0.25, 0.3) is 11.1 Å². The van der Waals surface area contributed by atoms with Crippen LogP contribution in [0.2, 0.25) is 0 Å². The van der Waals surface area contributed by atoms with E-state index in [9.17, 15) is 9.59 Å². The van der Waals surface area contributed by atoms with Crippen LogP contribution in [0.5, 0.6) is 0 Å². The highest BCUT2D eigenvalue weighted by atomic mass is 16.5. The number of fused-ring (bicyclic) bond motifs is 3. The van der Waals surface area contributed by atoms with E-state index < -0.39 is 5.41 Å². The van der Waals surface area contributed by atoms with Gasteiger partial charge in [0.1, 0.15) is 0 Å². The number of ether oxygens (including phenoxy) is 2. The lowest BCUT2D eigenvalue weighted by Crippen LogP contribution is -2.28. The first-order valence-corrected chi connectivity index (χ1v) is 10.7. The van der Waals surface area contributed by atoms with Crippen LogP contribution < -0.4 is 0 Å². The minimum Gasteiger partial charge on any atom is -0.465 e. The van der Waals surface area contributed by atoms with Crippen molar-refractivity contribution in [1.82, 2.24) is 0 Å². The van der Waals surface area contributed by atoms with Crippen molar-refractivity contribution < 1.29 is 19.1 Å². The van der Waals surface area contributed by atoms with Gasteiger partial charge in [-0.2, -0.15) is 0 Å². The summed E-state index contributed by atoms with van der Waals surface area (Å²) in [5.41, 5.74) is 7.09. The van der Waals surface area contributed by atoms with E-state index in [-0.39, 0.29) is 11.9 Å². The maximum absolute atomic E-state index is 12.1. The molecule has 0 radical (unpaired) electrons. The first-order valence-electron chi connectivity index (χ1n) is 10.7. The fourth-order valence-corrected chi connectivity index (χ4v) is 4.97. The summed E-state index contributed by atoms with van der Waals surface area (Å²) in [6.07, 6.45) is 0. The smallest absolute Gasteiger partial charge is 0.337 e. The van der Waals surface area contributed by atoms with Gasteiger partial charge in [0.25, 0.3) is 0 Å². The molecule has 4 aromatic rings. The normalized spacial score (nSPS) is 13.0. The van der Waals surface area contributed by atoms with Gasteiger partial charge in [-0.15, -0.1) is 0 Å². The fraction of sp³-hybridized carbons (Fsp3) is 0.103. The molecular formula is C29H22O4. The van der Waals surface area contributed by atoms with Gasteiger partial charge >= 0.3 is 11.9 Å². The van der Waals surface area contributed by atoms with E-state index in [1.165, 1.54) is 25.3 Å². The van der Waals surface area contributed by atoms with Gasteiger partial charge in [0.15, 0.2) is 0 Å². The zero-order chi connectivity index (χ0) is 23.0. The second-order valence-corrected chi connectivity index (χ2v) is 7.98. The second kappa shape index (κ2) is 8.06. The third-order valence-electron chi connectivity index (χ3n) is 6.43. The average Bonchev–Trinajstić information content (AvgIpc) is 3.19. The molecule has 1 aliphatic rings. The molecule has 4 aromatic carbocycles. The standard InChI is InChI=1S/C29H22O4/c1-32-27(30)19-11-15-21(16-12-19)29(22-17-13-20(14-18-22)28(31)33-2)25-9-5-3-7-23(25)24-8-4-6-10-26(24)29/h3-18H,1-2H3. The highest BCUT2D eigenvalue weighted by molar-refractivity contribution is 5.91. The number of carbonyl (C=O) groups excluding carboxylic acids is 2. The predicted molar refractivity (Wildman–Crippen MR) is 126 cm³/mol. The highest BCUT2D eigenvalue weighted by Crippen LogP contribution is 2.55. The van der Waals surface area contributed by atoms with E-state index in [0.717, 1.165) is 22.3 Å². The Labute approximate surface area is 192 Å². The maximum Gasteiger partial charge on any atom is 0.337 e. The van der Waals surface area contributed by atoms with Crippen LogP contribution in [0.3, 0.4) is 0 Å². The zero-order valence-electron chi connectivity index (χ0n) is 18.4. The minimum atomic E-state index is -0.601. The molecule has 0 aliphatic heterocycles. The minimum absolute atomic E-state index is 0.370. The van der Waals surface area contributed by atoms with Crippen LogP contribution in [0.4, 0.5) is 0 Å². The van der Waals surface area contributed by atoms with E-state index >= 15 is 0 Å². The van der Waals surface area contributed by atoms with Crippen LogP contribution in [0.15, 0.2) is 97.1 Å². The third kappa shape index (κ3) is 3.06. The van der Waals surface area contributed by atoms with Gasteiger partial charge in [-0.3, -0.25) is 0 Å². The summed E-state index contributed by atoms with van der Waals surface area (Å²) < 4.78 is 9.77. The lowest BCUT2D eigenvalue weighted by Gasteiger charge is -2.34. The molecule has 0 bridgehead atoms. The number of esters is 2. The topological polar surface area (TPSA) is 52.6 Å². The van der Waals surface area contributed by atoms with Gasteiger partial charge in [-0.1, -0.05) is 72.8 Å². The number of rotatable bonds is 4. The van der Waals surface area contributed by atoms with Crippen molar-refractivity contribution in [2.24, 2.45) is 0 Å². The van der Waals surface area contributed by atoms with Crippen LogP contribution in [0, 0.1) is 0 Å². The molecule has 0 heterocycles. The lowest BCUT2D eigenvalue weighted by molar-refractivity contribution is 0.0592. The van der Waals surface area contributed by atoms with Crippen molar-refractivity contribution in [3.63, 3.8) is 0 Å². The fourth-order valence-electron chi connectivity index (χ4n) is 4.97. The molecule has 0 N–H and O–H groups in total. The Hall–Kier alpha value is -4.18. The summed E-state index contributed by atoms with van der Waals surface area (Å²) in [6, 6.07) is 31.9. The molecular weight excluding hydrogens is 412 g/mol. The average molecular weight is 434 g/mol. The molecule has 0 saturated carbocycles. The van der Waals surface area contributed by atoms with Gasteiger partial charge in [0, 0.05) is 0 Å². The number of hydrogen-bond acceptors (Lipinski definition) is 4. The number of methoxy groups -OCH3 is 2. The van der Waals surface area contributed by atoms with Gasteiger partial charge in [-0.25, -0.2) is 9.59 Å². The van der Waals surface area contributed by atoms with Crippen molar-refractivity contribution in [2.45, 2.75) is 5.41 Å². The van der Waals surface area contributed by atoms with Crippen LogP contribution in [-0.2, 0) is 14.9 Å². The Morgan fingerprint density at radius 3 is 1.27 bits per heavy atom. The molecule has 0 unspecified atom stereocenters. The Morgan fingerprint density at radius 2 is 0.909 bits per heavy atom. The summed E-state index contributed by atoms with van der Waals surface area (Å²) in [4.78, 5) is 24.1. The van der Waals surface area contributed by atoms with Gasteiger partial charge < -0.3 is 9.47 Å². The molecule has 0 spiro atoms. The predicted octanol–water partition coefficient (Wildman–Crippen LogP) is 5.62. The third-order valence-corrected chi connectivity index (χ3v) is 6.43. The molecule has 0 atom stereocenters. The molecule has 162 valence electrons. The van der Waals surface area contributed by atoms with Crippen molar-refractivity contribution in [3.8, 4) is 11.1 Å². The number of carbonyl (C=O) groups is 2. The second-order valence-electron chi connectivity index (χ2n) is 7.98. The summed E-state index contributed by atoms with van der Waals surface area (Å²) in [5.74, 6) is -0.740. The van der Waals surface area contributed by atoms with E-state index in [4.69, 9.17) is 9.47 Å². The molecule has 4 heteroatoms. The summed E-state index contributed by atoms with van der Waals surface area (Å²) in [6.45, 7) is 0. The Bertz CT molecular complexity index is 1240. The number of hydrogen-bond donors (Lipinski definition) is 0. The lowest BCUT2D eigenvalue weighted by atomic mass is 9.67. The van der Waals surface area contributed by atoms with Gasteiger partial charge in [-0.05, 0) is 57.6 Å². The van der Waals surface area contributed by atoms with Gasteiger partial charge in [0.05, 0.1) is 30.8 Å². The molecule has 0 saturated heterocycles. The zero-order valence-corrected chi connectivity index (χ0v) is 18.4. The van der Waals surface area contributed by atoms with E-state index in [1.54, 1.807) is 24.3 Å². The molecule has 0 fully saturated rings. The summed E-state index contributed by atoms with van der Waals surface area (Å²) in [7, 11) is 2.76. The van der Waals surface area contributed by atoms with Gasteiger partial charge in [0.2, 0.25) is 0 Å². The molecule has 4 nitrogen and oxygen atoms in total. The van der Waals surface area contributed by atoms with Crippen molar-refractivity contribution >= 4 is 11.9 Å². The van der Waals surface area contributed by atoms with Crippen molar-refractivity contribution in [3.05, 3.63) is 130 Å². The Morgan fingerprint density at radius 1 is 0.545 bits per heavy atom. The summed E-state index contributed by atoms with van der Waals surface area (Å²) >= 11 is 0. The SMILES string of the molecule is COC(=O)c1ccc(C2(c3ccc(C(=O)OC)cc3)c3ccccc3-c3ccccc32)cc1. The molecule has 33 heavy (non-hydrogen) atoms. The molecule has 0 amide bonds. The highest BCUT2D eigenvalue weighted by Gasteiger charge is 2.45. The maximum atomic E-state index is 12.1. The first kappa shape index (κ1) is 20.7. The largest absolute Gasteiger partial charge is 0.465 e. The Balaban J connectivity index is 1.81. The van der Waals surface area contributed by atoms with E-state index in [0.29, 0.717) is 11.1 Å². The van der Waals surface area contributed by atoms with Crippen LogP contribution in [0.1, 0.15) is 43.0 Å². The molecule has 5 rings (SSSR count). The van der Waals surface area contributed by atoms with E-state index in [2.05, 4.69) is 24.3 Å². The van der Waals surface area contributed by atoms with Crippen molar-refractivity contribution in [2.75, 3.05) is 14.2 Å². The van der Waals surface area contributed by atoms with Crippen molar-refractivity contribution in [1.29, 1.82) is 0 Å². The van der Waals surface area contributed by atoms with E-state index in [1.807, 2.05) is 48.5 Å². The molecule has 0 aromatic heterocycles. The number of benzene rings is 4. The first-order chi connectivity index (χ1) is 16.1. The monoisotopic (exact) mass is 434 g/mol.